The fourth-order valence-electron chi connectivity index (χ4n) is 8.07. The zero-order valence-electron chi connectivity index (χ0n) is 30.2. The molecular formula is C52H37N3. The van der Waals surface area contributed by atoms with Crippen molar-refractivity contribution in [2.24, 2.45) is 0 Å². The third-order valence-corrected chi connectivity index (χ3v) is 10.7. The van der Waals surface area contributed by atoms with Gasteiger partial charge in [0.05, 0.1) is 16.7 Å². The second kappa shape index (κ2) is 13.6. The van der Waals surface area contributed by atoms with Crippen molar-refractivity contribution in [3.63, 3.8) is 0 Å². The van der Waals surface area contributed by atoms with Crippen LogP contribution in [-0.4, -0.2) is 4.57 Å². The first kappa shape index (κ1) is 32.3. The van der Waals surface area contributed by atoms with E-state index >= 15 is 0 Å². The van der Waals surface area contributed by atoms with E-state index in [1.165, 1.54) is 38.1 Å². The monoisotopic (exact) mass is 703 g/mol. The number of fused-ring (bicyclic) bond motifs is 5. The highest BCUT2D eigenvalue weighted by molar-refractivity contribution is 6.17. The molecule has 3 nitrogen and oxygen atoms in total. The van der Waals surface area contributed by atoms with Crippen LogP contribution in [0.2, 0.25) is 0 Å². The third kappa shape index (κ3) is 5.80. The number of benzene rings is 8. The topological polar surface area (TPSA) is 20.2 Å². The summed E-state index contributed by atoms with van der Waals surface area (Å²) in [6.45, 7) is 4.59. The largest absolute Gasteiger partial charge is 0.355 e. The molecule has 0 aliphatic carbocycles. The zero-order valence-corrected chi connectivity index (χ0v) is 30.2. The molecule has 10 rings (SSSR count). The molecule has 55 heavy (non-hydrogen) atoms. The Labute approximate surface area is 321 Å². The van der Waals surface area contributed by atoms with Gasteiger partial charge in [-0.2, -0.15) is 0 Å². The van der Waals surface area contributed by atoms with Crippen LogP contribution in [-0.2, 0) is 0 Å². The molecule has 1 aliphatic rings. The zero-order chi connectivity index (χ0) is 36.7. The summed E-state index contributed by atoms with van der Waals surface area (Å²) in [5.41, 5.74) is 14.3. The number of nitrogens with one attached hydrogen (secondary N) is 1. The van der Waals surface area contributed by atoms with Crippen molar-refractivity contribution in [2.45, 2.75) is 0 Å². The van der Waals surface area contributed by atoms with Crippen LogP contribution in [0.1, 0.15) is 11.1 Å². The molecule has 1 N–H and O–H groups in total. The second-order valence-electron chi connectivity index (χ2n) is 14.0. The molecule has 1 aromatic heterocycles. The minimum absolute atomic E-state index is 0.962. The van der Waals surface area contributed by atoms with Crippen molar-refractivity contribution in [3.8, 4) is 16.8 Å². The second-order valence-corrected chi connectivity index (χ2v) is 14.0. The van der Waals surface area contributed by atoms with E-state index in [0.717, 1.165) is 56.3 Å². The summed E-state index contributed by atoms with van der Waals surface area (Å²) < 4.78 is 2.38. The molecular weight excluding hydrogens is 667 g/mol. The maximum absolute atomic E-state index is 4.59. The van der Waals surface area contributed by atoms with Gasteiger partial charge in [0, 0.05) is 50.8 Å². The Kier molecular flexibility index (Phi) is 7.96. The number of aromatic nitrogens is 1. The Hall–Kier alpha value is -7.36. The quantitative estimate of drug-likeness (QED) is 0.186. The molecule has 0 bridgehead atoms. The van der Waals surface area contributed by atoms with Crippen molar-refractivity contribution in [3.05, 3.63) is 224 Å². The van der Waals surface area contributed by atoms with Crippen LogP contribution in [0.3, 0.4) is 0 Å². The summed E-state index contributed by atoms with van der Waals surface area (Å²) in [6, 6.07) is 67.0. The minimum atomic E-state index is 0.962. The Morgan fingerprint density at radius 2 is 1.18 bits per heavy atom. The highest BCUT2D eigenvalue weighted by atomic mass is 15.1. The van der Waals surface area contributed by atoms with Crippen LogP contribution in [0.25, 0.3) is 60.5 Å². The molecule has 0 fully saturated rings. The van der Waals surface area contributed by atoms with Crippen molar-refractivity contribution in [2.75, 3.05) is 10.2 Å². The molecule has 0 atom stereocenters. The lowest BCUT2D eigenvalue weighted by atomic mass is 9.92. The number of allylic oxidation sites excluding steroid dienone is 4. The van der Waals surface area contributed by atoms with Gasteiger partial charge in [-0.3, -0.25) is 0 Å². The van der Waals surface area contributed by atoms with Gasteiger partial charge in [-0.1, -0.05) is 128 Å². The lowest BCUT2D eigenvalue weighted by molar-refractivity contribution is 1.18. The van der Waals surface area contributed by atoms with Gasteiger partial charge in [-0.05, 0) is 112 Å². The molecule has 2 heterocycles. The fraction of sp³-hybridized carbons (Fsp3) is 0. The highest BCUT2D eigenvalue weighted by Crippen LogP contribution is 2.43. The van der Waals surface area contributed by atoms with Crippen LogP contribution in [0.15, 0.2) is 213 Å². The van der Waals surface area contributed by atoms with Gasteiger partial charge >= 0.3 is 0 Å². The van der Waals surface area contributed by atoms with Gasteiger partial charge in [0.15, 0.2) is 0 Å². The van der Waals surface area contributed by atoms with Gasteiger partial charge in [-0.15, -0.1) is 0 Å². The standard InChI is InChI=1S/C52H37N3/c1-36-33-40(31-32-54(42-17-4-2-5-18-42)49-24-12-10-21-44(36)49)39-28-30-48(53-41-29-27-37-15-8-9-16-38(37)34-41)47(35-39)45-23-14-26-51-52(45)46-22-11-13-25-50(46)55(51)43-19-6-3-7-20-43/h2-35,53H,1H2/b32-31-,40-33+. The lowest BCUT2D eigenvalue weighted by Gasteiger charge is -2.26. The average molecular weight is 704 g/mol. The molecule has 3 heteroatoms. The van der Waals surface area contributed by atoms with Crippen LogP contribution in [0, 0.1) is 0 Å². The molecule has 9 aromatic rings. The average Bonchev–Trinajstić information content (AvgIpc) is 3.58. The van der Waals surface area contributed by atoms with Gasteiger partial charge in [-0.25, -0.2) is 0 Å². The third-order valence-electron chi connectivity index (χ3n) is 10.7. The molecule has 1 aliphatic heterocycles. The Morgan fingerprint density at radius 3 is 2.04 bits per heavy atom. The molecule has 0 saturated heterocycles. The lowest BCUT2D eigenvalue weighted by Crippen LogP contribution is -2.11. The van der Waals surface area contributed by atoms with Gasteiger partial charge in [0.2, 0.25) is 0 Å². The number of hydrogen-bond acceptors (Lipinski definition) is 2. The number of rotatable bonds is 6. The van der Waals surface area contributed by atoms with E-state index in [2.05, 4.69) is 228 Å². The summed E-state index contributed by atoms with van der Waals surface area (Å²) in [5.74, 6) is 0. The number of hydrogen-bond donors (Lipinski definition) is 1. The van der Waals surface area contributed by atoms with E-state index in [-0.39, 0.29) is 0 Å². The maximum atomic E-state index is 4.59. The van der Waals surface area contributed by atoms with Crippen molar-refractivity contribution in [1.29, 1.82) is 0 Å². The number of anilines is 4. The van der Waals surface area contributed by atoms with Gasteiger partial charge in [0.1, 0.15) is 0 Å². The first-order valence-electron chi connectivity index (χ1n) is 18.7. The van der Waals surface area contributed by atoms with Gasteiger partial charge in [0.25, 0.3) is 0 Å². The summed E-state index contributed by atoms with van der Waals surface area (Å²) in [6.07, 6.45) is 6.61. The maximum Gasteiger partial charge on any atom is 0.0547 e. The Balaban J connectivity index is 1.19. The number of para-hydroxylation sites is 4. The predicted molar refractivity (Wildman–Crippen MR) is 235 cm³/mol. The molecule has 0 spiro atoms. The van der Waals surface area contributed by atoms with Crippen LogP contribution in [0.4, 0.5) is 22.7 Å². The van der Waals surface area contributed by atoms with E-state index in [1.807, 2.05) is 0 Å². The Bertz CT molecular complexity index is 2970. The fourth-order valence-corrected chi connectivity index (χ4v) is 8.07. The summed E-state index contributed by atoms with van der Waals surface area (Å²) in [4.78, 5) is 2.25. The molecule has 0 unspecified atom stereocenters. The molecule has 260 valence electrons. The number of nitrogens with zero attached hydrogens (tertiary/aromatic N) is 2. The van der Waals surface area contributed by atoms with Gasteiger partial charge < -0.3 is 14.8 Å². The van der Waals surface area contributed by atoms with Crippen molar-refractivity contribution in [1.82, 2.24) is 4.57 Å². The first-order chi connectivity index (χ1) is 27.2. The summed E-state index contributed by atoms with van der Waals surface area (Å²) in [7, 11) is 0. The van der Waals surface area contributed by atoms with E-state index in [4.69, 9.17) is 0 Å². The summed E-state index contributed by atoms with van der Waals surface area (Å²) >= 11 is 0. The van der Waals surface area contributed by atoms with Crippen molar-refractivity contribution >= 4 is 66.5 Å². The van der Waals surface area contributed by atoms with Crippen molar-refractivity contribution < 1.29 is 0 Å². The molecule has 0 radical (unpaired) electrons. The first-order valence-corrected chi connectivity index (χ1v) is 18.7. The molecule has 8 aromatic carbocycles. The van der Waals surface area contributed by atoms with Crippen LogP contribution in [0.5, 0.6) is 0 Å². The highest BCUT2D eigenvalue weighted by Gasteiger charge is 2.20. The van der Waals surface area contributed by atoms with Crippen LogP contribution < -0.4 is 10.2 Å². The smallest absolute Gasteiger partial charge is 0.0547 e. The molecule has 0 saturated carbocycles. The molecule has 0 amide bonds. The minimum Gasteiger partial charge on any atom is -0.355 e. The van der Waals surface area contributed by atoms with E-state index in [9.17, 15) is 0 Å². The van der Waals surface area contributed by atoms with E-state index in [0.29, 0.717) is 0 Å². The van der Waals surface area contributed by atoms with Crippen LogP contribution >= 0.6 is 0 Å². The normalized spacial score (nSPS) is 14.3. The van der Waals surface area contributed by atoms with E-state index in [1.54, 1.807) is 0 Å². The van der Waals surface area contributed by atoms with E-state index < -0.39 is 0 Å². The Morgan fingerprint density at radius 1 is 0.491 bits per heavy atom. The SMILES string of the molecule is C=C1/C=C(c2ccc(Nc3ccc4ccccc4c3)c(-c3cccc4c3c3ccccc3n4-c3ccccc3)c2)\C=C/N(c2ccccc2)c2ccccc21. The summed E-state index contributed by atoms with van der Waals surface area (Å²) in [5, 5.41) is 8.70. The predicted octanol–water partition coefficient (Wildman–Crippen LogP) is 14.1.